The van der Waals surface area contributed by atoms with Crippen LogP contribution in [0.1, 0.15) is 11.1 Å². The molecule has 1 amide bonds. The van der Waals surface area contributed by atoms with Crippen LogP contribution < -0.4 is 14.9 Å². The number of benzene rings is 2. The van der Waals surface area contributed by atoms with Crippen LogP contribution in [0.5, 0.6) is 11.5 Å². The standard InChI is InChI=1S/C19H22N4O7S/c1-13-5-7-17(30-4)18(9-13)31(27,28)22(2)12-19(24)21-20-11-14-6-8-16(29-3)15(10-14)23(25)26/h5-11H,12H2,1-4H3,(H,21,24)/b20-11-. The van der Waals surface area contributed by atoms with Gasteiger partial charge in [-0.15, -0.1) is 0 Å². The lowest BCUT2D eigenvalue weighted by atomic mass is 10.2. The van der Waals surface area contributed by atoms with Crippen molar-refractivity contribution in [3.63, 3.8) is 0 Å². The molecule has 0 bridgehead atoms. The van der Waals surface area contributed by atoms with E-state index in [4.69, 9.17) is 9.47 Å². The fraction of sp³-hybridized carbons (Fsp3) is 0.263. The number of likely N-dealkylation sites (N-methyl/N-ethyl adjacent to an activating group) is 1. The highest BCUT2D eigenvalue weighted by Gasteiger charge is 2.26. The summed E-state index contributed by atoms with van der Waals surface area (Å²) in [5, 5.41) is 14.8. The maximum atomic E-state index is 12.8. The van der Waals surface area contributed by atoms with Gasteiger partial charge < -0.3 is 9.47 Å². The second kappa shape index (κ2) is 10.00. The van der Waals surface area contributed by atoms with E-state index in [0.717, 1.165) is 9.87 Å². The number of sulfonamides is 1. The number of rotatable bonds is 9. The molecule has 166 valence electrons. The first kappa shape index (κ1) is 23.8. The lowest BCUT2D eigenvalue weighted by Crippen LogP contribution is -2.36. The molecule has 0 atom stereocenters. The molecular formula is C19H22N4O7S. The monoisotopic (exact) mass is 450 g/mol. The van der Waals surface area contributed by atoms with Crippen LogP contribution in [0.15, 0.2) is 46.4 Å². The van der Waals surface area contributed by atoms with Gasteiger partial charge in [0.05, 0.1) is 31.9 Å². The highest BCUT2D eigenvalue weighted by Crippen LogP contribution is 2.28. The fourth-order valence-electron chi connectivity index (χ4n) is 2.58. The molecule has 2 aromatic carbocycles. The summed E-state index contributed by atoms with van der Waals surface area (Å²) in [4.78, 5) is 22.5. The van der Waals surface area contributed by atoms with Crippen LogP contribution in [0.4, 0.5) is 5.69 Å². The first-order valence-corrected chi connectivity index (χ1v) is 10.3. The molecule has 0 heterocycles. The molecule has 11 nitrogen and oxygen atoms in total. The minimum atomic E-state index is -3.99. The van der Waals surface area contributed by atoms with Gasteiger partial charge in [-0.25, -0.2) is 13.8 Å². The average molecular weight is 450 g/mol. The van der Waals surface area contributed by atoms with Crippen LogP contribution in [0, 0.1) is 17.0 Å². The number of hydrazone groups is 1. The molecule has 2 rings (SSSR count). The molecule has 0 aliphatic carbocycles. The van der Waals surface area contributed by atoms with Crippen molar-refractivity contribution in [2.45, 2.75) is 11.8 Å². The van der Waals surface area contributed by atoms with Crippen molar-refractivity contribution in [3.05, 3.63) is 57.6 Å². The van der Waals surface area contributed by atoms with Crippen molar-refractivity contribution in [2.75, 3.05) is 27.8 Å². The normalized spacial score (nSPS) is 11.5. The van der Waals surface area contributed by atoms with Gasteiger partial charge in [0, 0.05) is 18.7 Å². The number of methoxy groups -OCH3 is 2. The number of amides is 1. The summed E-state index contributed by atoms with van der Waals surface area (Å²) in [6.45, 7) is 1.24. The van der Waals surface area contributed by atoms with Gasteiger partial charge in [0.25, 0.3) is 5.91 Å². The van der Waals surface area contributed by atoms with E-state index in [1.54, 1.807) is 13.0 Å². The topological polar surface area (TPSA) is 140 Å². The fourth-order valence-corrected chi connectivity index (χ4v) is 3.95. The van der Waals surface area contributed by atoms with Gasteiger partial charge in [-0.2, -0.15) is 9.41 Å². The third kappa shape index (κ3) is 5.77. The van der Waals surface area contributed by atoms with Crippen molar-refractivity contribution in [3.8, 4) is 11.5 Å². The average Bonchev–Trinajstić information content (AvgIpc) is 2.73. The lowest BCUT2D eigenvalue weighted by Gasteiger charge is -2.18. The Hall–Kier alpha value is -3.51. The van der Waals surface area contributed by atoms with E-state index in [0.29, 0.717) is 5.56 Å². The summed E-state index contributed by atoms with van der Waals surface area (Å²) in [6.07, 6.45) is 1.20. The van der Waals surface area contributed by atoms with Crippen LogP contribution >= 0.6 is 0 Å². The molecule has 0 saturated heterocycles. The van der Waals surface area contributed by atoms with Gasteiger partial charge in [-0.05, 0) is 36.8 Å². The number of nitrogens with zero attached hydrogens (tertiary/aromatic N) is 3. The molecule has 0 spiro atoms. The van der Waals surface area contributed by atoms with Gasteiger partial charge in [0.1, 0.15) is 10.6 Å². The zero-order valence-corrected chi connectivity index (χ0v) is 18.2. The number of hydrogen-bond donors (Lipinski definition) is 1. The molecule has 0 fully saturated rings. The molecule has 0 saturated carbocycles. The number of hydrogen-bond acceptors (Lipinski definition) is 8. The van der Waals surface area contributed by atoms with Gasteiger partial charge in [-0.1, -0.05) is 6.07 Å². The number of carbonyl (C=O) groups is 1. The maximum absolute atomic E-state index is 12.8. The second-order valence-corrected chi connectivity index (χ2v) is 8.41. The molecule has 0 unspecified atom stereocenters. The van der Waals surface area contributed by atoms with Gasteiger partial charge >= 0.3 is 5.69 Å². The molecule has 0 radical (unpaired) electrons. The first-order valence-electron chi connectivity index (χ1n) is 8.85. The number of nitro groups is 1. The van der Waals surface area contributed by atoms with E-state index < -0.39 is 27.4 Å². The Morgan fingerprint density at radius 2 is 1.84 bits per heavy atom. The van der Waals surface area contributed by atoms with Crippen molar-refractivity contribution in [2.24, 2.45) is 5.10 Å². The largest absolute Gasteiger partial charge is 0.495 e. The van der Waals surface area contributed by atoms with E-state index in [9.17, 15) is 23.3 Å². The summed E-state index contributed by atoms with van der Waals surface area (Å²) >= 11 is 0. The van der Waals surface area contributed by atoms with Gasteiger partial charge in [0.15, 0.2) is 5.75 Å². The first-order chi connectivity index (χ1) is 14.6. The number of nitrogens with one attached hydrogen (secondary N) is 1. The van der Waals surface area contributed by atoms with Crippen molar-refractivity contribution >= 4 is 27.8 Å². The molecule has 0 aromatic heterocycles. The Labute approximate surface area is 179 Å². The Morgan fingerprint density at radius 1 is 1.19 bits per heavy atom. The van der Waals surface area contributed by atoms with E-state index in [1.807, 2.05) is 0 Å². The molecule has 31 heavy (non-hydrogen) atoms. The smallest absolute Gasteiger partial charge is 0.311 e. The third-order valence-electron chi connectivity index (χ3n) is 4.18. The molecule has 12 heteroatoms. The predicted molar refractivity (Wildman–Crippen MR) is 113 cm³/mol. The van der Waals surface area contributed by atoms with Gasteiger partial charge in [-0.3, -0.25) is 14.9 Å². The van der Waals surface area contributed by atoms with E-state index >= 15 is 0 Å². The SMILES string of the molecule is COc1ccc(/C=N\NC(=O)CN(C)S(=O)(=O)c2cc(C)ccc2OC)cc1[N+](=O)[O-]. The van der Waals surface area contributed by atoms with Crippen LogP contribution in [-0.2, 0) is 14.8 Å². The zero-order valence-electron chi connectivity index (χ0n) is 17.4. The molecule has 0 aliphatic heterocycles. The zero-order chi connectivity index (χ0) is 23.2. The predicted octanol–water partition coefficient (Wildman–Crippen LogP) is 1.69. The van der Waals surface area contributed by atoms with Crippen LogP contribution in [0.3, 0.4) is 0 Å². The second-order valence-electron chi connectivity index (χ2n) is 6.40. The summed E-state index contributed by atoms with van der Waals surface area (Å²) in [7, 11) is -0.0669. The minimum absolute atomic E-state index is 0.0562. The summed E-state index contributed by atoms with van der Waals surface area (Å²) < 4.78 is 36.5. The Bertz CT molecular complexity index is 1120. The van der Waals surface area contributed by atoms with E-state index in [1.165, 1.54) is 57.8 Å². The Kier molecular flexibility index (Phi) is 7.67. The van der Waals surface area contributed by atoms with Gasteiger partial charge in [0.2, 0.25) is 10.0 Å². The third-order valence-corrected chi connectivity index (χ3v) is 6.00. The van der Waals surface area contributed by atoms with Crippen LogP contribution in [0.2, 0.25) is 0 Å². The minimum Gasteiger partial charge on any atom is -0.495 e. The number of ether oxygens (including phenoxy) is 2. The van der Waals surface area contributed by atoms with Crippen LogP contribution in [-0.4, -0.2) is 57.6 Å². The van der Waals surface area contributed by atoms with Crippen molar-refractivity contribution < 1.29 is 27.6 Å². The van der Waals surface area contributed by atoms with E-state index in [2.05, 4.69) is 10.5 Å². The Balaban J connectivity index is 2.08. The summed E-state index contributed by atoms with van der Waals surface area (Å²) in [5.74, 6) is -0.446. The number of aryl methyl sites for hydroxylation is 1. The summed E-state index contributed by atoms with van der Waals surface area (Å²) in [5.41, 5.74) is 3.00. The van der Waals surface area contributed by atoms with Crippen molar-refractivity contribution in [1.82, 2.24) is 9.73 Å². The highest BCUT2D eigenvalue weighted by atomic mass is 32.2. The van der Waals surface area contributed by atoms with E-state index in [-0.39, 0.29) is 22.1 Å². The lowest BCUT2D eigenvalue weighted by molar-refractivity contribution is -0.385. The highest BCUT2D eigenvalue weighted by molar-refractivity contribution is 7.89. The molecule has 2 aromatic rings. The molecule has 1 N–H and O–H groups in total. The molecular weight excluding hydrogens is 428 g/mol. The number of carbonyl (C=O) groups excluding carboxylic acids is 1. The molecule has 0 aliphatic rings. The van der Waals surface area contributed by atoms with Crippen LogP contribution in [0.25, 0.3) is 0 Å². The Morgan fingerprint density at radius 3 is 2.45 bits per heavy atom. The number of nitro benzene ring substituents is 1. The summed E-state index contributed by atoms with van der Waals surface area (Å²) in [6, 6.07) is 8.85. The maximum Gasteiger partial charge on any atom is 0.311 e. The van der Waals surface area contributed by atoms with Crippen molar-refractivity contribution in [1.29, 1.82) is 0 Å². The quantitative estimate of drug-likeness (QED) is 0.348.